The Morgan fingerprint density at radius 1 is 1.22 bits per heavy atom. The lowest BCUT2D eigenvalue weighted by atomic mass is 9.82. The summed E-state index contributed by atoms with van der Waals surface area (Å²) < 4.78 is 7.42. The number of nitrogens with one attached hydrogen (secondary N) is 1. The molecule has 3 aromatic rings. The first-order valence-corrected chi connectivity index (χ1v) is 11.5. The molecule has 2 aliphatic heterocycles. The molecule has 0 aliphatic carbocycles. The van der Waals surface area contributed by atoms with Crippen molar-refractivity contribution >= 4 is 16.9 Å². The van der Waals surface area contributed by atoms with Crippen LogP contribution in [0.1, 0.15) is 46.1 Å². The summed E-state index contributed by atoms with van der Waals surface area (Å²) in [5.41, 5.74) is 0.812. The molecule has 5 rings (SSSR count). The molecule has 9 heteroatoms. The van der Waals surface area contributed by atoms with Crippen LogP contribution >= 0.6 is 0 Å². The molecule has 0 bridgehead atoms. The number of nitrogens with zero attached hydrogens (tertiary/aromatic N) is 6. The number of pyridine rings is 1. The first kappa shape index (κ1) is 21.4. The Hall–Kier alpha value is -2.49. The number of fused-ring (bicyclic) bond motifs is 1. The van der Waals surface area contributed by atoms with Crippen LogP contribution in [0.3, 0.4) is 0 Å². The number of ether oxygens (including phenoxy) is 1. The first-order valence-electron chi connectivity index (χ1n) is 11.5. The monoisotopic (exact) mass is 439 g/mol. The molecule has 32 heavy (non-hydrogen) atoms. The Labute approximate surface area is 188 Å². The molecule has 2 aliphatic rings. The summed E-state index contributed by atoms with van der Waals surface area (Å²) >= 11 is 0. The number of rotatable bonds is 3. The summed E-state index contributed by atoms with van der Waals surface area (Å²) in [4.78, 5) is 9.72. The van der Waals surface area contributed by atoms with Crippen molar-refractivity contribution in [1.29, 1.82) is 0 Å². The maximum Gasteiger partial charge on any atom is 0.167 e. The minimum absolute atomic E-state index is 0.0921. The number of anilines is 1. The molecular weight excluding hydrogens is 406 g/mol. The van der Waals surface area contributed by atoms with Crippen molar-refractivity contribution in [3.63, 3.8) is 0 Å². The van der Waals surface area contributed by atoms with E-state index in [1.807, 2.05) is 12.3 Å². The van der Waals surface area contributed by atoms with Gasteiger partial charge in [0.05, 0.1) is 37.3 Å². The molecule has 2 N–H and O–H groups in total. The first-order chi connectivity index (χ1) is 15.3. The second-order valence-corrected chi connectivity index (χ2v) is 10.1. The third-order valence-electron chi connectivity index (χ3n) is 6.94. The molecule has 1 atom stereocenters. The summed E-state index contributed by atoms with van der Waals surface area (Å²) in [5, 5.41) is 24.4. The van der Waals surface area contributed by atoms with Gasteiger partial charge < -0.3 is 14.7 Å². The minimum Gasteiger partial charge on any atom is -0.385 e. The number of morpholine rings is 1. The van der Waals surface area contributed by atoms with E-state index < -0.39 is 5.60 Å². The normalized spacial score (nSPS) is 22.5. The van der Waals surface area contributed by atoms with Crippen LogP contribution in [0, 0.1) is 0 Å². The number of piperidine rings is 1. The summed E-state index contributed by atoms with van der Waals surface area (Å²) in [7, 11) is 0. The van der Waals surface area contributed by atoms with Gasteiger partial charge in [0.2, 0.25) is 0 Å². The summed E-state index contributed by atoms with van der Waals surface area (Å²) in [6.45, 7) is 12.6. The predicted octanol–water partition coefficient (Wildman–Crippen LogP) is 2.45. The van der Waals surface area contributed by atoms with Gasteiger partial charge in [0.1, 0.15) is 5.82 Å². The van der Waals surface area contributed by atoms with Crippen LogP contribution in [0.5, 0.6) is 0 Å². The van der Waals surface area contributed by atoms with Crippen LogP contribution in [-0.2, 0) is 10.3 Å². The number of aliphatic hydroxyl groups is 1. The van der Waals surface area contributed by atoms with E-state index in [1.54, 1.807) is 10.9 Å². The van der Waals surface area contributed by atoms with Gasteiger partial charge >= 0.3 is 0 Å². The van der Waals surface area contributed by atoms with Gasteiger partial charge in [-0.15, -0.1) is 0 Å². The molecule has 0 saturated carbocycles. The molecule has 172 valence electrons. The van der Waals surface area contributed by atoms with Crippen molar-refractivity contribution < 1.29 is 9.84 Å². The van der Waals surface area contributed by atoms with E-state index in [4.69, 9.17) is 9.72 Å². The smallest absolute Gasteiger partial charge is 0.167 e. The molecule has 9 nitrogen and oxygen atoms in total. The maximum absolute atomic E-state index is 11.9. The SMILES string of the molecule is C[C@@H]1COCCN1c1cc(C2(O)CCN(C(C)(C)C)CC2)c2cnn(-c3ccn[nH]3)c2n1. The standard InChI is InChI=1S/C23H33N7O2/c1-16-15-32-12-11-29(16)20-13-18(23(31)6-9-28(10-7-23)22(2,3)4)17-14-25-30(21(17)26-20)19-5-8-24-27-19/h5,8,13-14,16,31H,6-7,9-12,15H2,1-4H3,(H,24,27)/t16-/m1/s1. The Kier molecular flexibility index (Phi) is 5.22. The fourth-order valence-electron chi connectivity index (χ4n) is 4.95. The molecule has 0 unspecified atom stereocenters. The van der Waals surface area contributed by atoms with E-state index in [-0.39, 0.29) is 11.6 Å². The molecule has 0 amide bonds. The van der Waals surface area contributed by atoms with Crippen molar-refractivity contribution in [2.24, 2.45) is 0 Å². The lowest BCUT2D eigenvalue weighted by Crippen LogP contribution is -2.50. The molecular formula is C23H33N7O2. The van der Waals surface area contributed by atoms with Crippen molar-refractivity contribution in [1.82, 2.24) is 29.9 Å². The quantitative estimate of drug-likeness (QED) is 0.647. The van der Waals surface area contributed by atoms with E-state index in [9.17, 15) is 5.11 Å². The average molecular weight is 440 g/mol. The van der Waals surface area contributed by atoms with Crippen LogP contribution < -0.4 is 4.90 Å². The highest BCUT2D eigenvalue weighted by Crippen LogP contribution is 2.40. The predicted molar refractivity (Wildman–Crippen MR) is 123 cm³/mol. The lowest BCUT2D eigenvalue weighted by molar-refractivity contribution is -0.0451. The summed E-state index contributed by atoms with van der Waals surface area (Å²) in [5.74, 6) is 1.61. The Morgan fingerprint density at radius 3 is 2.66 bits per heavy atom. The number of aromatic amines is 1. The summed E-state index contributed by atoms with van der Waals surface area (Å²) in [6.07, 6.45) is 4.87. The molecule has 2 saturated heterocycles. The average Bonchev–Trinajstić information content (AvgIpc) is 3.42. The fourth-order valence-corrected chi connectivity index (χ4v) is 4.95. The van der Waals surface area contributed by atoms with E-state index in [0.29, 0.717) is 26.1 Å². The third-order valence-corrected chi connectivity index (χ3v) is 6.94. The van der Waals surface area contributed by atoms with Gasteiger partial charge in [0, 0.05) is 36.6 Å². The van der Waals surface area contributed by atoms with Crippen molar-refractivity contribution in [3.05, 3.63) is 30.1 Å². The second kappa shape index (κ2) is 7.83. The van der Waals surface area contributed by atoms with Crippen LogP contribution in [-0.4, -0.2) is 79.4 Å². The van der Waals surface area contributed by atoms with Crippen LogP contribution in [0.4, 0.5) is 5.82 Å². The number of H-pyrrole nitrogens is 1. The zero-order valence-corrected chi connectivity index (χ0v) is 19.4. The highest BCUT2D eigenvalue weighted by Gasteiger charge is 2.39. The Bertz CT molecular complexity index is 1080. The van der Waals surface area contributed by atoms with Gasteiger partial charge in [0.25, 0.3) is 0 Å². The number of hydrogen-bond acceptors (Lipinski definition) is 7. The topological polar surface area (TPSA) is 95.3 Å². The van der Waals surface area contributed by atoms with Crippen molar-refractivity contribution in [3.8, 4) is 5.82 Å². The van der Waals surface area contributed by atoms with Gasteiger partial charge in [-0.1, -0.05) is 0 Å². The second-order valence-electron chi connectivity index (χ2n) is 10.1. The van der Waals surface area contributed by atoms with Gasteiger partial charge in [0.15, 0.2) is 11.5 Å². The largest absolute Gasteiger partial charge is 0.385 e. The highest BCUT2D eigenvalue weighted by molar-refractivity contribution is 5.83. The highest BCUT2D eigenvalue weighted by atomic mass is 16.5. The van der Waals surface area contributed by atoms with Gasteiger partial charge in [-0.3, -0.25) is 10.00 Å². The molecule has 0 spiro atoms. The third kappa shape index (κ3) is 3.68. The number of hydrogen-bond donors (Lipinski definition) is 2. The Balaban J connectivity index is 1.61. The van der Waals surface area contributed by atoms with Gasteiger partial charge in [-0.05, 0) is 52.2 Å². The zero-order chi connectivity index (χ0) is 22.5. The van der Waals surface area contributed by atoms with Crippen molar-refractivity contribution in [2.45, 2.75) is 57.7 Å². The van der Waals surface area contributed by atoms with E-state index in [2.05, 4.69) is 58.9 Å². The minimum atomic E-state index is -0.922. The van der Waals surface area contributed by atoms with Gasteiger partial charge in [-0.2, -0.15) is 14.9 Å². The summed E-state index contributed by atoms with van der Waals surface area (Å²) in [6, 6.07) is 4.16. The van der Waals surface area contributed by atoms with E-state index >= 15 is 0 Å². The van der Waals surface area contributed by atoms with Crippen LogP contribution in [0.15, 0.2) is 24.5 Å². The molecule has 0 aromatic carbocycles. The molecule has 0 radical (unpaired) electrons. The van der Waals surface area contributed by atoms with Gasteiger partial charge in [-0.25, -0.2) is 4.98 Å². The number of aromatic nitrogens is 5. The van der Waals surface area contributed by atoms with Crippen LogP contribution in [0.2, 0.25) is 0 Å². The lowest BCUT2D eigenvalue weighted by Gasteiger charge is -2.45. The molecule has 3 aromatic heterocycles. The molecule has 5 heterocycles. The molecule has 2 fully saturated rings. The van der Waals surface area contributed by atoms with Crippen molar-refractivity contribution in [2.75, 3.05) is 37.7 Å². The number of likely N-dealkylation sites (tertiary alicyclic amines) is 1. The Morgan fingerprint density at radius 2 is 2.00 bits per heavy atom. The van der Waals surface area contributed by atoms with E-state index in [0.717, 1.165) is 47.9 Å². The maximum atomic E-state index is 11.9. The van der Waals surface area contributed by atoms with Crippen LogP contribution in [0.25, 0.3) is 16.9 Å². The zero-order valence-electron chi connectivity index (χ0n) is 19.4. The fraction of sp³-hybridized carbons (Fsp3) is 0.609. The van der Waals surface area contributed by atoms with E-state index in [1.165, 1.54) is 0 Å².